The van der Waals surface area contributed by atoms with Gasteiger partial charge in [0.2, 0.25) is 0 Å². The maximum atomic E-state index is 2.37. The second-order valence-corrected chi connectivity index (χ2v) is 7.92. The molecule has 0 bridgehead atoms. The van der Waals surface area contributed by atoms with E-state index in [1.807, 2.05) is 0 Å². The maximum absolute atomic E-state index is 2.37. The highest BCUT2D eigenvalue weighted by molar-refractivity contribution is 5.65. The lowest BCUT2D eigenvalue weighted by molar-refractivity contribution is 0.626. The minimum absolute atomic E-state index is 0.299. The number of rotatable bonds is 4. The van der Waals surface area contributed by atoms with Crippen LogP contribution in [0.15, 0.2) is 113 Å². The van der Waals surface area contributed by atoms with Crippen LogP contribution in [0.1, 0.15) is 44.4 Å². The third-order valence-corrected chi connectivity index (χ3v) is 6.66. The summed E-state index contributed by atoms with van der Waals surface area (Å²) in [5, 5.41) is 0. The minimum atomic E-state index is -0.299. The highest BCUT2D eigenvalue weighted by atomic mass is 14.5. The summed E-state index contributed by atoms with van der Waals surface area (Å²) in [5.41, 5.74) is 9.55. The Balaban J connectivity index is 2.16. The van der Waals surface area contributed by atoms with Crippen molar-refractivity contribution >= 4 is 0 Å². The average molecular weight is 365 g/mol. The molecule has 1 atom stereocenters. The van der Waals surface area contributed by atoms with Crippen molar-refractivity contribution in [3.8, 4) is 0 Å². The largest absolute Gasteiger partial charge is 0.0672 e. The van der Waals surface area contributed by atoms with E-state index in [1.54, 1.807) is 0 Å². The van der Waals surface area contributed by atoms with Gasteiger partial charge in [-0.15, -0.1) is 0 Å². The molecule has 4 rings (SSSR count). The average Bonchev–Trinajstić information content (AvgIpc) is 2.95. The molecule has 0 aliphatic heterocycles. The summed E-state index contributed by atoms with van der Waals surface area (Å²) in [5.74, 6) is 0.403. The molecule has 0 amide bonds. The van der Waals surface area contributed by atoms with Crippen molar-refractivity contribution in [2.24, 2.45) is 5.92 Å². The van der Waals surface area contributed by atoms with E-state index in [0.717, 1.165) is 0 Å². The van der Waals surface area contributed by atoms with Crippen LogP contribution in [0.5, 0.6) is 0 Å². The summed E-state index contributed by atoms with van der Waals surface area (Å²) < 4.78 is 0. The van der Waals surface area contributed by atoms with Crippen LogP contribution in [-0.2, 0) is 5.41 Å². The van der Waals surface area contributed by atoms with Crippen LogP contribution in [0.4, 0.5) is 0 Å². The molecule has 0 saturated carbocycles. The van der Waals surface area contributed by atoms with E-state index in [1.165, 1.54) is 39.0 Å². The molecule has 0 spiro atoms. The van der Waals surface area contributed by atoms with Crippen molar-refractivity contribution in [1.29, 1.82) is 0 Å². The van der Waals surface area contributed by atoms with Crippen LogP contribution < -0.4 is 0 Å². The molecule has 1 unspecified atom stereocenters. The Hall–Kier alpha value is -2.86. The lowest BCUT2D eigenvalue weighted by Crippen LogP contribution is -2.34. The van der Waals surface area contributed by atoms with Crippen molar-refractivity contribution < 1.29 is 0 Å². The molecular formula is C28H28. The predicted octanol–water partition coefficient (Wildman–Crippen LogP) is 7.32. The lowest BCUT2D eigenvalue weighted by Gasteiger charge is -2.40. The fourth-order valence-corrected chi connectivity index (χ4v) is 5.00. The molecule has 1 aliphatic carbocycles. The van der Waals surface area contributed by atoms with Crippen LogP contribution in [0.25, 0.3) is 0 Å². The third-order valence-electron chi connectivity index (χ3n) is 6.66. The van der Waals surface area contributed by atoms with Gasteiger partial charge in [-0.1, -0.05) is 103 Å². The van der Waals surface area contributed by atoms with E-state index < -0.39 is 0 Å². The van der Waals surface area contributed by atoms with Gasteiger partial charge >= 0.3 is 0 Å². The Bertz CT molecular complexity index is 925. The van der Waals surface area contributed by atoms with E-state index in [-0.39, 0.29) is 5.41 Å². The zero-order valence-electron chi connectivity index (χ0n) is 17.2. The van der Waals surface area contributed by atoms with Gasteiger partial charge in [0.05, 0.1) is 5.41 Å². The van der Waals surface area contributed by atoms with Gasteiger partial charge in [-0.25, -0.2) is 0 Å². The second kappa shape index (κ2) is 7.28. The summed E-state index contributed by atoms with van der Waals surface area (Å²) in [6.45, 7) is 9.25. The molecular weight excluding hydrogens is 336 g/mol. The molecule has 0 aromatic heterocycles. The van der Waals surface area contributed by atoms with Gasteiger partial charge in [-0.3, -0.25) is 0 Å². The van der Waals surface area contributed by atoms with Crippen molar-refractivity contribution in [3.05, 3.63) is 130 Å². The van der Waals surface area contributed by atoms with Crippen LogP contribution >= 0.6 is 0 Å². The van der Waals surface area contributed by atoms with Gasteiger partial charge in [0.25, 0.3) is 0 Å². The zero-order valence-corrected chi connectivity index (χ0v) is 17.2. The highest BCUT2D eigenvalue weighted by Crippen LogP contribution is 2.53. The molecule has 3 aromatic rings. The predicted molar refractivity (Wildman–Crippen MR) is 119 cm³/mol. The molecule has 140 valence electrons. The minimum Gasteiger partial charge on any atom is -0.0632 e. The van der Waals surface area contributed by atoms with E-state index in [9.17, 15) is 0 Å². The summed E-state index contributed by atoms with van der Waals surface area (Å²) in [6, 6.07) is 33.0. The van der Waals surface area contributed by atoms with Gasteiger partial charge < -0.3 is 0 Å². The van der Waals surface area contributed by atoms with Crippen molar-refractivity contribution in [3.63, 3.8) is 0 Å². The van der Waals surface area contributed by atoms with Crippen molar-refractivity contribution in [2.75, 3.05) is 0 Å². The number of hydrogen-bond donors (Lipinski definition) is 0. The van der Waals surface area contributed by atoms with Crippen LogP contribution in [0.3, 0.4) is 0 Å². The molecule has 0 nitrogen and oxygen atoms in total. The Morgan fingerprint density at radius 2 is 0.893 bits per heavy atom. The molecule has 0 N–H and O–H groups in total. The Labute approximate surface area is 169 Å². The SMILES string of the molecule is CC1=C(C)C(C)C(C(c2ccccc2)(c2ccccc2)c2ccccc2)=C1C. The lowest BCUT2D eigenvalue weighted by atomic mass is 9.61. The van der Waals surface area contributed by atoms with Gasteiger partial charge in [0, 0.05) is 5.92 Å². The Kier molecular flexibility index (Phi) is 4.81. The van der Waals surface area contributed by atoms with Crippen molar-refractivity contribution in [2.45, 2.75) is 33.1 Å². The summed E-state index contributed by atoms with van der Waals surface area (Å²) in [6.07, 6.45) is 0. The van der Waals surface area contributed by atoms with E-state index in [2.05, 4.69) is 119 Å². The first-order valence-corrected chi connectivity index (χ1v) is 10.1. The fraction of sp³-hybridized carbons (Fsp3) is 0.214. The first kappa shape index (κ1) is 18.5. The fourth-order valence-electron chi connectivity index (χ4n) is 5.00. The van der Waals surface area contributed by atoms with Gasteiger partial charge in [-0.05, 0) is 54.2 Å². The molecule has 0 saturated heterocycles. The number of benzene rings is 3. The Morgan fingerprint density at radius 1 is 0.536 bits per heavy atom. The zero-order chi connectivity index (χ0) is 19.7. The first-order valence-electron chi connectivity index (χ1n) is 10.1. The molecule has 0 radical (unpaired) electrons. The second-order valence-electron chi connectivity index (χ2n) is 7.92. The highest BCUT2D eigenvalue weighted by Gasteiger charge is 2.45. The van der Waals surface area contributed by atoms with Gasteiger partial charge in [0.15, 0.2) is 0 Å². The smallest absolute Gasteiger partial charge is 0.0632 e. The molecule has 1 aliphatic rings. The number of hydrogen-bond acceptors (Lipinski definition) is 0. The Morgan fingerprint density at radius 3 is 1.18 bits per heavy atom. The molecule has 0 heteroatoms. The quantitative estimate of drug-likeness (QED) is 0.425. The molecule has 0 heterocycles. The monoisotopic (exact) mass is 364 g/mol. The standard InChI is InChI=1S/C28H28/c1-20-21(2)23(4)27(22(20)3)28(24-14-8-5-9-15-24,25-16-10-6-11-17-25)26-18-12-7-13-19-26/h5-19,22H,1-4H3. The maximum Gasteiger partial charge on any atom is 0.0672 e. The number of allylic oxidation sites excluding steroid dienone is 4. The molecule has 28 heavy (non-hydrogen) atoms. The summed E-state index contributed by atoms with van der Waals surface area (Å²) >= 11 is 0. The third kappa shape index (κ3) is 2.67. The van der Waals surface area contributed by atoms with E-state index >= 15 is 0 Å². The summed E-state index contributed by atoms with van der Waals surface area (Å²) in [7, 11) is 0. The van der Waals surface area contributed by atoms with E-state index in [4.69, 9.17) is 0 Å². The topological polar surface area (TPSA) is 0 Å². The normalized spacial score (nSPS) is 17.4. The van der Waals surface area contributed by atoms with Crippen molar-refractivity contribution in [1.82, 2.24) is 0 Å². The first-order chi connectivity index (χ1) is 13.6. The van der Waals surface area contributed by atoms with Gasteiger partial charge in [-0.2, -0.15) is 0 Å². The van der Waals surface area contributed by atoms with Crippen LogP contribution in [0, 0.1) is 5.92 Å². The van der Waals surface area contributed by atoms with Crippen LogP contribution in [0.2, 0.25) is 0 Å². The van der Waals surface area contributed by atoms with E-state index in [0.29, 0.717) is 5.92 Å². The molecule has 0 fully saturated rings. The summed E-state index contributed by atoms with van der Waals surface area (Å²) in [4.78, 5) is 0. The van der Waals surface area contributed by atoms with Gasteiger partial charge in [0.1, 0.15) is 0 Å². The molecule has 3 aromatic carbocycles. The van der Waals surface area contributed by atoms with Crippen LogP contribution in [-0.4, -0.2) is 0 Å².